The molecule has 144 valence electrons. The Bertz CT molecular complexity index is 582. The molecule has 0 aromatic heterocycles. The molecule has 2 heterocycles. The number of halogens is 1. The van der Waals surface area contributed by atoms with Crippen LogP contribution in [0.1, 0.15) is 36.5 Å². The molecule has 3 rings (SSSR count). The Kier molecular flexibility index (Phi) is 7.91. The van der Waals surface area contributed by atoms with Gasteiger partial charge in [-0.15, -0.1) is 12.4 Å². The molecule has 2 saturated heterocycles. The van der Waals surface area contributed by atoms with Crippen molar-refractivity contribution in [3.8, 4) is 0 Å². The molecule has 1 unspecified atom stereocenters. The van der Waals surface area contributed by atoms with Gasteiger partial charge in [-0.25, -0.2) is 0 Å². The number of nitrogens with one attached hydrogen (secondary N) is 1. The zero-order valence-corrected chi connectivity index (χ0v) is 16.3. The summed E-state index contributed by atoms with van der Waals surface area (Å²) in [6, 6.07) is 9.38. The molecule has 2 amide bonds. The second-order valence-electron chi connectivity index (χ2n) is 7.31. The summed E-state index contributed by atoms with van der Waals surface area (Å²) in [6.07, 6.45) is 2.99. The fourth-order valence-corrected chi connectivity index (χ4v) is 3.91. The third-order valence-corrected chi connectivity index (χ3v) is 5.63. The number of piperazine rings is 1. The van der Waals surface area contributed by atoms with Crippen LogP contribution >= 0.6 is 12.4 Å². The Balaban J connectivity index is 0.00000243. The molecule has 2 aliphatic heterocycles. The molecule has 2 fully saturated rings. The van der Waals surface area contributed by atoms with Gasteiger partial charge in [-0.2, -0.15) is 0 Å². The summed E-state index contributed by atoms with van der Waals surface area (Å²) in [4.78, 5) is 28.9. The molecule has 0 spiro atoms. The molecule has 1 aromatic carbocycles. The van der Waals surface area contributed by atoms with E-state index in [0.717, 1.165) is 18.7 Å². The summed E-state index contributed by atoms with van der Waals surface area (Å²) in [5.74, 6) is 1.42. The number of hydrogen-bond donors (Lipinski definition) is 1. The first-order chi connectivity index (χ1) is 12.1. The second-order valence-corrected chi connectivity index (χ2v) is 7.31. The van der Waals surface area contributed by atoms with Crippen molar-refractivity contribution in [2.24, 2.45) is 11.8 Å². The first kappa shape index (κ1) is 20.7. The first-order valence-electron chi connectivity index (χ1n) is 9.48. The molecule has 0 aliphatic carbocycles. The van der Waals surface area contributed by atoms with Crippen LogP contribution in [-0.2, 0) is 4.79 Å². The lowest BCUT2D eigenvalue weighted by atomic mass is 9.84. The predicted molar refractivity (Wildman–Crippen MR) is 106 cm³/mol. The van der Waals surface area contributed by atoms with Gasteiger partial charge in [0.2, 0.25) is 5.91 Å². The van der Waals surface area contributed by atoms with Gasteiger partial charge in [0.1, 0.15) is 0 Å². The Hall–Kier alpha value is -1.59. The van der Waals surface area contributed by atoms with Crippen LogP contribution in [0.15, 0.2) is 30.3 Å². The number of piperidine rings is 1. The van der Waals surface area contributed by atoms with E-state index in [1.54, 1.807) is 0 Å². The Morgan fingerprint density at radius 2 is 1.62 bits per heavy atom. The van der Waals surface area contributed by atoms with Gasteiger partial charge in [0, 0.05) is 38.2 Å². The third-order valence-electron chi connectivity index (χ3n) is 5.63. The Morgan fingerprint density at radius 1 is 1.04 bits per heavy atom. The van der Waals surface area contributed by atoms with Gasteiger partial charge < -0.3 is 15.1 Å². The van der Waals surface area contributed by atoms with Gasteiger partial charge in [0.25, 0.3) is 5.91 Å². The van der Waals surface area contributed by atoms with E-state index in [0.29, 0.717) is 44.4 Å². The SMILES string of the molecule is CC(CC(=O)N1CCN(C(=O)c2ccccc2)CC1)C1CCNCC1.Cl. The minimum Gasteiger partial charge on any atom is -0.339 e. The van der Waals surface area contributed by atoms with Gasteiger partial charge in [0.05, 0.1) is 0 Å². The van der Waals surface area contributed by atoms with Crippen LogP contribution in [0.2, 0.25) is 0 Å². The molecule has 1 N–H and O–H groups in total. The van der Waals surface area contributed by atoms with Crippen LogP contribution in [0, 0.1) is 11.8 Å². The predicted octanol–water partition coefficient (Wildman–Crippen LogP) is 2.42. The summed E-state index contributed by atoms with van der Waals surface area (Å²) >= 11 is 0. The fourth-order valence-electron chi connectivity index (χ4n) is 3.91. The minimum atomic E-state index is 0. The van der Waals surface area contributed by atoms with Crippen molar-refractivity contribution in [3.05, 3.63) is 35.9 Å². The van der Waals surface area contributed by atoms with Crippen LogP contribution in [0.25, 0.3) is 0 Å². The lowest BCUT2D eigenvalue weighted by Crippen LogP contribution is -2.51. The van der Waals surface area contributed by atoms with Crippen molar-refractivity contribution in [1.82, 2.24) is 15.1 Å². The monoisotopic (exact) mass is 379 g/mol. The highest BCUT2D eigenvalue weighted by atomic mass is 35.5. The van der Waals surface area contributed by atoms with E-state index in [1.807, 2.05) is 40.1 Å². The van der Waals surface area contributed by atoms with E-state index in [1.165, 1.54) is 12.8 Å². The number of nitrogens with zero attached hydrogens (tertiary/aromatic N) is 2. The maximum atomic E-state index is 12.6. The van der Waals surface area contributed by atoms with Crippen molar-refractivity contribution >= 4 is 24.2 Å². The molecule has 0 radical (unpaired) electrons. The van der Waals surface area contributed by atoms with Crippen LogP contribution in [0.5, 0.6) is 0 Å². The molecule has 1 atom stereocenters. The molecule has 26 heavy (non-hydrogen) atoms. The van der Waals surface area contributed by atoms with Gasteiger partial charge >= 0.3 is 0 Å². The normalized spacial score (nSPS) is 19.6. The number of hydrogen-bond acceptors (Lipinski definition) is 3. The number of carbonyl (C=O) groups is 2. The number of carbonyl (C=O) groups excluding carboxylic acids is 2. The Labute approximate surface area is 162 Å². The molecular weight excluding hydrogens is 350 g/mol. The zero-order valence-electron chi connectivity index (χ0n) is 15.5. The lowest BCUT2D eigenvalue weighted by Gasteiger charge is -2.36. The molecule has 5 nitrogen and oxygen atoms in total. The van der Waals surface area contributed by atoms with Crippen molar-refractivity contribution < 1.29 is 9.59 Å². The summed E-state index contributed by atoms with van der Waals surface area (Å²) in [6.45, 7) is 6.91. The lowest BCUT2D eigenvalue weighted by molar-refractivity contribution is -0.134. The zero-order chi connectivity index (χ0) is 17.6. The third kappa shape index (κ3) is 5.21. The highest BCUT2D eigenvalue weighted by Gasteiger charge is 2.28. The average Bonchev–Trinajstić information content (AvgIpc) is 2.69. The summed E-state index contributed by atoms with van der Waals surface area (Å²) in [7, 11) is 0. The number of benzene rings is 1. The topological polar surface area (TPSA) is 52.7 Å². The van der Waals surface area contributed by atoms with Crippen LogP contribution in [-0.4, -0.2) is 60.9 Å². The Morgan fingerprint density at radius 3 is 2.23 bits per heavy atom. The van der Waals surface area contributed by atoms with Gasteiger partial charge in [0.15, 0.2) is 0 Å². The van der Waals surface area contributed by atoms with E-state index in [9.17, 15) is 9.59 Å². The van der Waals surface area contributed by atoms with E-state index in [2.05, 4.69) is 12.2 Å². The summed E-state index contributed by atoms with van der Waals surface area (Å²) in [5, 5.41) is 3.38. The molecule has 2 aliphatic rings. The number of rotatable bonds is 4. The summed E-state index contributed by atoms with van der Waals surface area (Å²) in [5.41, 5.74) is 0.724. The van der Waals surface area contributed by atoms with Gasteiger partial charge in [-0.05, 0) is 49.9 Å². The van der Waals surface area contributed by atoms with Crippen molar-refractivity contribution in [2.75, 3.05) is 39.3 Å². The van der Waals surface area contributed by atoms with E-state index < -0.39 is 0 Å². The molecule has 1 aromatic rings. The van der Waals surface area contributed by atoms with E-state index >= 15 is 0 Å². The van der Waals surface area contributed by atoms with Gasteiger partial charge in [-0.1, -0.05) is 25.1 Å². The highest BCUT2D eigenvalue weighted by molar-refractivity contribution is 5.94. The van der Waals surface area contributed by atoms with E-state index in [4.69, 9.17) is 0 Å². The van der Waals surface area contributed by atoms with Crippen LogP contribution < -0.4 is 5.32 Å². The minimum absolute atomic E-state index is 0. The smallest absolute Gasteiger partial charge is 0.253 e. The van der Waals surface area contributed by atoms with Crippen molar-refractivity contribution in [1.29, 1.82) is 0 Å². The van der Waals surface area contributed by atoms with Crippen molar-refractivity contribution in [2.45, 2.75) is 26.2 Å². The standard InChI is InChI=1S/C20H29N3O2.ClH/c1-16(17-7-9-21-10-8-17)15-19(24)22-11-13-23(14-12-22)20(25)18-5-3-2-4-6-18;/h2-6,16-17,21H,7-15H2,1H3;1H. The van der Waals surface area contributed by atoms with Crippen molar-refractivity contribution in [3.63, 3.8) is 0 Å². The largest absolute Gasteiger partial charge is 0.339 e. The summed E-state index contributed by atoms with van der Waals surface area (Å²) < 4.78 is 0. The first-order valence-corrected chi connectivity index (χ1v) is 9.48. The molecule has 0 saturated carbocycles. The maximum absolute atomic E-state index is 12.6. The fraction of sp³-hybridized carbons (Fsp3) is 0.600. The maximum Gasteiger partial charge on any atom is 0.253 e. The average molecular weight is 380 g/mol. The number of amides is 2. The quantitative estimate of drug-likeness (QED) is 0.874. The van der Waals surface area contributed by atoms with Crippen LogP contribution in [0.4, 0.5) is 0 Å². The highest BCUT2D eigenvalue weighted by Crippen LogP contribution is 2.25. The molecular formula is C20H30ClN3O2. The van der Waals surface area contributed by atoms with Crippen LogP contribution in [0.3, 0.4) is 0 Å². The molecule has 0 bridgehead atoms. The second kappa shape index (κ2) is 9.93. The van der Waals surface area contributed by atoms with E-state index in [-0.39, 0.29) is 24.2 Å². The molecule has 6 heteroatoms. The van der Waals surface area contributed by atoms with Gasteiger partial charge in [-0.3, -0.25) is 9.59 Å².